The predicted molar refractivity (Wildman–Crippen MR) is 108 cm³/mol. The summed E-state index contributed by atoms with van der Waals surface area (Å²) in [5.74, 6) is -1.43. The van der Waals surface area contributed by atoms with Gasteiger partial charge in [0.1, 0.15) is 0 Å². The van der Waals surface area contributed by atoms with E-state index in [-0.39, 0.29) is 5.57 Å². The van der Waals surface area contributed by atoms with Gasteiger partial charge in [0.05, 0.1) is 16.8 Å². The zero-order valence-electron chi connectivity index (χ0n) is 15.3. The monoisotopic (exact) mass is 415 g/mol. The topological polar surface area (TPSA) is 46.2 Å². The van der Waals surface area contributed by atoms with Gasteiger partial charge in [-0.1, -0.05) is 42.5 Å². The number of para-hydroxylation sites is 1. The molecule has 0 unspecified atom stereocenters. The molecule has 0 atom stereocenters. The zero-order chi connectivity index (χ0) is 21.0. The maximum absolute atomic E-state index is 13.1. The molecular formula is C22H16F3NO2S. The van der Waals surface area contributed by atoms with Crippen LogP contribution in [0.25, 0.3) is 16.5 Å². The third-order valence-electron chi connectivity index (χ3n) is 4.08. The van der Waals surface area contributed by atoms with Gasteiger partial charge >= 0.3 is 6.18 Å². The van der Waals surface area contributed by atoms with Crippen LogP contribution in [0.3, 0.4) is 0 Å². The van der Waals surface area contributed by atoms with Gasteiger partial charge in [0, 0.05) is 9.75 Å². The van der Waals surface area contributed by atoms with Gasteiger partial charge in [-0.25, -0.2) is 0 Å². The van der Waals surface area contributed by atoms with Gasteiger partial charge in [0.25, 0.3) is 5.91 Å². The molecule has 3 rings (SSSR count). The molecule has 148 valence electrons. The fraction of sp³-hybridized carbons (Fsp3) is 0.0909. The number of rotatable bonds is 5. The van der Waals surface area contributed by atoms with Crippen LogP contribution in [0, 0.1) is 0 Å². The van der Waals surface area contributed by atoms with Crippen molar-refractivity contribution < 1.29 is 22.8 Å². The van der Waals surface area contributed by atoms with Crippen LogP contribution in [-0.2, 0) is 15.8 Å². The normalized spacial score (nSPS) is 11.9. The molecule has 0 spiro atoms. The summed E-state index contributed by atoms with van der Waals surface area (Å²) >= 11 is 1.37. The van der Waals surface area contributed by atoms with Crippen molar-refractivity contribution in [2.75, 3.05) is 5.32 Å². The summed E-state index contributed by atoms with van der Waals surface area (Å²) in [5, 5.41) is 2.21. The highest BCUT2D eigenvalue weighted by Crippen LogP contribution is 2.35. The first-order valence-corrected chi connectivity index (χ1v) is 9.43. The second-order valence-electron chi connectivity index (χ2n) is 6.18. The number of thiophene rings is 1. The van der Waals surface area contributed by atoms with Gasteiger partial charge < -0.3 is 5.32 Å². The molecule has 0 aliphatic heterocycles. The predicted octanol–water partition coefficient (Wildman–Crippen LogP) is 6.05. The van der Waals surface area contributed by atoms with Crippen molar-refractivity contribution in [2.45, 2.75) is 13.1 Å². The molecule has 3 nitrogen and oxygen atoms in total. The molecule has 7 heteroatoms. The Morgan fingerprint density at radius 2 is 1.59 bits per heavy atom. The summed E-state index contributed by atoms with van der Waals surface area (Å²) < 4.78 is 39.4. The van der Waals surface area contributed by atoms with E-state index in [9.17, 15) is 22.8 Å². The molecule has 1 N–H and O–H groups in total. The number of alkyl halides is 3. The van der Waals surface area contributed by atoms with E-state index in [2.05, 4.69) is 5.32 Å². The standard InChI is InChI=1S/C22H16F3NO2S/c1-14(27)17(13-16-11-12-20(29-16)15-7-3-2-4-8-15)21(28)26-19-10-6-5-9-18(19)22(23,24)25/h2-13H,1H3,(H,26,28)/b17-13+. The van der Waals surface area contributed by atoms with Crippen LogP contribution in [0.5, 0.6) is 0 Å². The minimum absolute atomic E-state index is 0.219. The van der Waals surface area contributed by atoms with E-state index in [1.807, 2.05) is 36.4 Å². The molecule has 0 aliphatic rings. The van der Waals surface area contributed by atoms with Crippen molar-refractivity contribution in [3.8, 4) is 10.4 Å². The Labute approximate surface area is 169 Å². The van der Waals surface area contributed by atoms with Crippen molar-refractivity contribution in [1.82, 2.24) is 0 Å². The van der Waals surface area contributed by atoms with E-state index in [0.29, 0.717) is 4.88 Å². The Morgan fingerprint density at radius 1 is 0.931 bits per heavy atom. The fourth-order valence-electron chi connectivity index (χ4n) is 2.69. The first-order valence-electron chi connectivity index (χ1n) is 8.61. The molecule has 0 radical (unpaired) electrons. The van der Waals surface area contributed by atoms with Gasteiger partial charge in [0.2, 0.25) is 0 Å². The van der Waals surface area contributed by atoms with Crippen LogP contribution in [0.2, 0.25) is 0 Å². The first-order chi connectivity index (χ1) is 13.8. The number of halogens is 3. The van der Waals surface area contributed by atoms with Gasteiger partial charge in [0.15, 0.2) is 5.78 Å². The fourth-order valence-corrected chi connectivity index (χ4v) is 3.64. The molecule has 0 bridgehead atoms. The number of carbonyl (C=O) groups is 2. The number of Topliss-reactive ketones (excluding diaryl/α,β-unsaturated/α-hetero) is 1. The SMILES string of the molecule is CC(=O)/C(=C\c1ccc(-c2ccccc2)s1)C(=O)Nc1ccccc1C(F)(F)F. The summed E-state index contributed by atoms with van der Waals surface area (Å²) in [7, 11) is 0. The molecular weight excluding hydrogens is 399 g/mol. The van der Waals surface area contributed by atoms with Crippen LogP contribution in [0.4, 0.5) is 18.9 Å². The van der Waals surface area contributed by atoms with E-state index in [1.54, 1.807) is 6.07 Å². The Morgan fingerprint density at radius 3 is 2.24 bits per heavy atom. The maximum atomic E-state index is 13.1. The Hall–Kier alpha value is -3.19. The van der Waals surface area contributed by atoms with Crippen molar-refractivity contribution >= 4 is 34.8 Å². The average molecular weight is 415 g/mol. The molecule has 0 aliphatic carbocycles. The lowest BCUT2D eigenvalue weighted by molar-refractivity contribution is -0.137. The van der Waals surface area contributed by atoms with Gasteiger partial charge in [-0.05, 0) is 42.8 Å². The lowest BCUT2D eigenvalue weighted by atomic mass is 10.1. The Bertz CT molecular complexity index is 1070. The second kappa shape index (κ2) is 8.45. The summed E-state index contributed by atoms with van der Waals surface area (Å²) in [6.07, 6.45) is -3.23. The molecule has 0 saturated carbocycles. The Balaban J connectivity index is 1.89. The number of carbonyl (C=O) groups excluding carboxylic acids is 2. The van der Waals surface area contributed by atoms with Crippen LogP contribution in [-0.4, -0.2) is 11.7 Å². The van der Waals surface area contributed by atoms with E-state index < -0.39 is 29.1 Å². The smallest absolute Gasteiger partial charge is 0.321 e. The van der Waals surface area contributed by atoms with E-state index >= 15 is 0 Å². The lowest BCUT2D eigenvalue weighted by Crippen LogP contribution is -2.21. The van der Waals surface area contributed by atoms with Crippen LogP contribution in [0.1, 0.15) is 17.4 Å². The molecule has 29 heavy (non-hydrogen) atoms. The van der Waals surface area contributed by atoms with E-state index in [4.69, 9.17) is 0 Å². The molecule has 1 aromatic heterocycles. The van der Waals surface area contributed by atoms with E-state index in [0.717, 1.165) is 22.6 Å². The van der Waals surface area contributed by atoms with E-state index in [1.165, 1.54) is 36.5 Å². The van der Waals surface area contributed by atoms with Gasteiger partial charge in [-0.2, -0.15) is 13.2 Å². The van der Waals surface area contributed by atoms with Gasteiger partial charge in [-0.3, -0.25) is 9.59 Å². The quantitative estimate of drug-likeness (QED) is 0.313. The molecule has 1 amide bonds. The van der Waals surface area contributed by atoms with Crippen LogP contribution < -0.4 is 5.32 Å². The van der Waals surface area contributed by atoms with Crippen molar-refractivity contribution in [1.29, 1.82) is 0 Å². The highest BCUT2D eigenvalue weighted by Gasteiger charge is 2.33. The zero-order valence-corrected chi connectivity index (χ0v) is 16.1. The number of benzene rings is 2. The highest BCUT2D eigenvalue weighted by atomic mass is 32.1. The third kappa shape index (κ3) is 5.00. The average Bonchev–Trinajstić information content (AvgIpc) is 3.15. The minimum atomic E-state index is -4.62. The highest BCUT2D eigenvalue weighted by molar-refractivity contribution is 7.16. The third-order valence-corrected chi connectivity index (χ3v) is 5.16. The molecule has 0 fully saturated rings. The Kier molecular flexibility index (Phi) is 5.98. The summed E-state index contributed by atoms with van der Waals surface area (Å²) in [6.45, 7) is 1.20. The van der Waals surface area contributed by atoms with Crippen molar-refractivity contribution in [3.05, 3.63) is 82.7 Å². The molecule has 3 aromatic rings. The summed E-state index contributed by atoms with van der Waals surface area (Å²) in [4.78, 5) is 26.1. The first kappa shape index (κ1) is 20.5. The summed E-state index contributed by atoms with van der Waals surface area (Å²) in [6, 6.07) is 17.8. The summed E-state index contributed by atoms with van der Waals surface area (Å²) in [5.41, 5.74) is -0.597. The largest absolute Gasteiger partial charge is 0.418 e. The number of anilines is 1. The second-order valence-corrected chi connectivity index (χ2v) is 7.30. The van der Waals surface area contributed by atoms with Crippen molar-refractivity contribution in [2.24, 2.45) is 0 Å². The number of hydrogen-bond donors (Lipinski definition) is 1. The number of hydrogen-bond acceptors (Lipinski definition) is 3. The minimum Gasteiger partial charge on any atom is -0.321 e. The van der Waals surface area contributed by atoms with Crippen molar-refractivity contribution in [3.63, 3.8) is 0 Å². The number of amides is 1. The molecule has 1 heterocycles. The van der Waals surface area contributed by atoms with Crippen LogP contribution >= 0.6 is 11.3 Å². The van der Waals surface area contributed by atoms with Gasteiger partial charge in [-0.15, -0.1) is 11.3 Å². The number of nitrogens with one attached hydrogen (secondary N) is 1. The lowest BCUT2D eigenvalue weighted by Gasteiger charge is -2.13. The van der Waals surface area contributed by atoms with Crippen LogP contribution in [0.15, 0.2) is 72.3 Å². The molecule has 0 saturated heterocycles. The number of ketones is 1. The molecule has 2 aromatic carbocycles. The maximum Gasteiger partial charge on any atom is 0.418 e.